The Morgan fingerprint density at radius 3 is 2.12 bits per heavy atom. The molecule has 0 saturated carbocycles. The number of aliphatic carboxylic acids is 2. The zero-order valence-corrected chi connectivity index (χ0v) is 18.3. The monoisotopic (exact) mass is 455 g/mol. The summed E-state index contributed by atoms with van der Waals surface area (Å²) in [6.07, 6.45) is 0.102. The summed E-state index contributed by atoms with van der Waals surface area (Å²) in [5.41, 5.74) is 0.616. The molecule has 32 heavy (non-hydrogen) atoms. The number of piperazine rings is 1. The van der Waals surface area contributed by atoms with Crippen LogP contribution in [0.2, 0.25) is 0 Å². The van der Waals surface area contributed by atoms with Crippen molar-refractivity contribution in [2.24, 2.45) is 0 Å². The summed E-state index contributed by atoms with van der Waals surface area (Å²) in [6, 6.07) is 5.25. The first-order chi connectivity index (χ1) is 15.2. The smallest absolute Gasteiger partial charge is 0.414 e. The Balaban J connectivity index is 0.000000751. The molecule has 1 heterocycles. The molecule has 1 aromatic carbocycles. The third-order valence-corrected chi connectivity index (χ3v) is 4.42. The third kappa shape index (κ3) is 9.08. The van der Waals surface area contributed by atoms with Gasteiger partial charge < -0.3 is 34.6 Å². The average Bonchev–Trinajstić information content (AvgIpc) is 2.78. The first kappa shape index (κ1) is 26.5. The van der Waals surface area contributed by atoms with Crippen LogP contribution in [0.3, 0.4) is 0 Å². The molecule has 0 radical (unpaired) electrons. The van der Waals surface area contributed by atoms with Gasteiger partial charge in [-0.25, -0.2) is 14.4 Å². The average molecular weight is 455 g/mol. The fourth-order valence-corrected chi connectivity index (χ4v) is 2.74. The number of methoxy groups -OCH3 is 2. The van der Waals surface area contributed by atoms with E-state index in [0.29, 0.717) is 49.8 Å². The fourth-order valence-electron chi connectivity index (χ4n) is 2.74. The maximum atomic E-state index is 12.2. The van der Waals surface area contributed by atoms with Gasteiger partial charge in [-0.3, -0.25) is 9.69 Å². The molecule has 1 aromatic rings. The lowest BCUT2D eigenvalue weighted by atomic mass is 10.2. The molecule has 0 atom stereocenters. The molecule has 0 spiro atoms. The SMILES string of the molecule is CCOC(=O)N1CCN(CCC(=O)Nc2ccc(OC)cc2OC)CC1.O=C(O)C(=O)O. The number of ether oxygens (including phenoxy) is 3. The second kappa shape index (κ2) is 13.7. The lowest BCUT2D eigenvalue weighted by Gasteiger charge is -2.33. The van der Waals surface area contributed by atoms with Gasteiger partial charge in [-0.1, -0.05) is 0 Å². The van der Waals surface area contributed by atoms with E-state index in [0.717, 1.165) is 13.1 Å². The van der Waals surface area contributed by atoms with Crippen LogP contribution in [0.25, 0.3) is 0 Å². The number of hydrogen-bond donors (Lipinski definition) is 3. The van der Waals surface area contributed by atoms with Gasteiger partial charge in [0.1, 0.15) is 11.5 Å². The zero-order chi connectivity index (χ0) is 24.1. The molecule has 12 heteroatoms. The Bertz CT molecular complexity index is 781. The van der Waals surface area contributed by atoms with Gasteiger partial charge in [0.2, 0.25) is 5.91 Å². The molecule has 12 nitrogen and oxygen atoms in total. The highest BCUT2D eigenvalue weighted by Gasteiger charge is 2.22. The number of carboxylic acids is 2. The number of benzene rings is 1. The Hall–Kier alpha value is -3.54. The van der Waals surface area contributed by atoms with E-state index in [1.165, 1.54) is 0 Å². The molecular formula is C20H29N3O9. The van der Waals surface area contributed by atoms with Crippen LogP contribution in [0.4, 0.5) is 10.5 Å². The summed E-state index contributed by atoms with van der Waals surface area (Å²) < 4.78 is 15.4. The van der Waals surface area contributed by atoms with Crippen LogP contribution in [0.5, 0.6) is 11.5 Å². The Labute approximate surface area is 185 Å². The second-order valence-electron chi connectivity index (χ2n) is 6.50. The molecule has 178 valence electrons. The van der Waals surface area contributed by atoms with Crippen molar-refractivity contribution < 1.29 is 43.6 Å². The molecular weight excluding hydrogens is 426 g/mol. The lowest BCUT2D eigenvalue weighted by Crippen LogP contribution is -2.49. The molecule has 1 fully saturated rings. The van der Waals surface area contributed by atoms with Crippen molar-refractivity contribution in [3.8, 4) is 11.5 Å². The quantitative estimate of drug-likeness (QED) is 0.506. The van der Waals surface area contributed by atoms with E-state index in [-0.39, 0.29) is 12.0 Å². The number of carbonyl (C=O) groups excluding carboxylic acids is 2. The van der Waals surface area contributed by atoms with Gasteiger partial charge in [0.15, 0.2) is 0 Å². The largest absolute Gasteiger partial charge is 0.497 e. The van der Waals surface area contributed by atoms with Gasteiger partial charge in [-0.05, 0) is 19.1 Å². The normalized spacial score (nSPS) is 13.3. The van der Waals surface area contributed by atoms with Crippen molar-refractivity contribution in [3.05, 3.63) is 18.2 Å². The number of nitrogens with zero attached hydrogens (tertiary/aromatic N) is 2. The predicted molar refractivity (Wildman–Crippen MR) is 113 cm³/mol. The number of nitrogens with one attached hydrogen (secondary N) is 1. The van der Waals surface area contributed by atoms with Gasteiger partial charge in [0.25, 0.3) is 0 Å². The summed E-state index contributed by atoms with van der Waals surface area (Å²) >= 11 is 0. The molecule has 1 saturated heterocycles. The molecule has 3 N–H and O–H groups in total. The summed E-state index contributed by atoms with van der Waals surface area (Å²) in [5.74, 6) is -2.51. The lowest BCUT2D eigenvalue weighted by molar-refractivity contribution is -0.159. The van der Waals surface area contributed by atoms with Crippen molar-refractivity contribution in [1.82, 2.24) is 9.80 Å². The zero-order valence-electron chi connectivity index (χ0n) is 18.3. The van der Waals surface area contributed by atoms with Crippen LogP contribution in [0, 0.1) is 0 Å². The number of rotatable bonds is 7. The van der Waals surface area contributed by atoms with Crippen LogP contribution >= 0.6 is 0 Å². The van der Waals surface area contributed by atoms with Crippen molar-refractivity contribution in [2.45, 2.75) is 13.3 Å². The molecule has 1 aliphatic heterocycles. The van der Waals surface area contributed by atoms with Gasteiger partial charge in [0, 0.05) is 45.2 Å². The molecule has 0 bridgehead atoms. The highest BCUT2D eigenvalue weighted by molar-refractivity contribution is 6.27. The summed E-state index contributed by atoms with van der Waals surface area (Å²) in [5, 5.41) is 17.6. The van der Waals surface area contributed by atoms with Crippen LogP contribution in [-0.2, 0) is 19.1 Å². The van der Waals surface area contributed by atoms with Gasteiger partial charge in [-0.15, -0.1) is 0 Å². The fraction of sp³-hybridized carbons (Fsp3) is 0.500. The third-order valence-electron chi connectivity index (χ3n) is 4.42. The minimum Gasteiger partial charge on any atom is -0.497 e. The van der Waals surface area contributed by atoms with Gasteiger partial charge >= 0.3 is 18.0 Å². The molecule has 0 aromatic heterocycles. The minimum absolute atomic E-state index is 0.0821. The van der Waals surface area contributed by atoms with Crippen molar-refractivity contribution in [2.75, 3.05) is 58.9 Å². The number of carboxylic acid groups (broad SMARTS) is 2. The first-order valence-electron chi connectivity index (χ1n) is 9.83. The van der Waals surface area contributed by atoms with E-state index in [1.54, 1.807) is 44.2 Å². The molecule has 2 rings (SSSR count). The van der Waals surface area contributed by atoms with Crippen LogP contribution in [-0.4, -0.2) is 97.5 Å². The van der Waals surface area contributed by atoms with Crippen molar-refractivity contribution in [3.63, 3.8) is 0 Å². The van der Waals surface area contributed by atoms with Gasteiger partial charge in [-0.2, -0.15) is 0 Å². The number of hydrogen-bond acceptors (Lipinski definition) is 8. The Morgan fingerprint density at radius 2 is 1.62 bits per heavy atom. The van der Waals surface area contributed by atoms with E-state index in [1.807, 2.05) is 0 Å². The van der Waals surface area contributed by atoms with Gasteiger partial charge in [0.05, 0.1) is 26.5 Å². The molecule has 0 unspecified atom stereocenters. The van der Waals surface area contributed by atoms with E-state index >= 15 is 0 Å². The maximum Gasteiger partial charge on any atom is 0.414 e. The van der Waals surface area contributed by atoms with Crippen molar-refractivity contribution >= 4 is 29.6 Å². The first-order valence-corrected chi connectivity index (χ1v) is 9.83. The summed E-state index contributed by atoms with van der Waals surface area (Å²) in [6.45, 7) is 5.52. The Kier molecular flexibility index (Phi) is 11.3. The molecule has 1 aliphatic rings. The van der Waals surface area contributed by atoms with E-state index in [2.05, 4.69) is 10.2 Å². The standard InChI is InChI=1S/C18H27N3O5.C2H2O4/c1-4-26-18(23)21-11-9-20(10-12-21)8-7-17(22)19-15-6-5-14(24-2)13-16(15)25-3;3-1(4)2(5)6/h5-6,13H,4,7-12H2,1-3H3,(H,19,22);(H,3,4)(H,5,6). The summed E-state index contributed by atoms with van der Waals surface area (Å²) in [4.78, 5) is 46.0. The maximum absolute atomic E-state index is 12.2. The number of amides is 2. The van der Waals surface area contributed by atoms with E-state index in [4.69, 9.17) is 34.0 Å². The summed E-state index contributed by atoms with van der Waals surface area (Å²) in [7, 11) is 3.13. The number of anilines is 1. The van der Waals surface area contributed by atoms with Crippen LogP contribution in [0.15, 0.2) is 18.2 Å². The Morgan fingerprint density at radius 1 is 1.00 bits per heavy atom. The molecule has 0 aliphatic carbocycles. The van der Waals surface area contributed by atoms with Crippen LogP contribution in [0.1, 0.15) is 13.3 Å². The van der Waals surface area contributed by atoms with Crippen molar-refractivity contribution in [1.29, 1.82) is 0 Å². The predicted octanol–water partition coefficient (Wildman–Crippen LogP) is 0.962. The highest BCUT2D eigenvalue weighted by atomic mass is 16.6. The second-order valence-corrected chi connectivity index (χ2v) is 6.50. The van der Waals surface area contributed by atoms with E-state index < -0.39 is 11.9 Å². The molecule has 2 amide bonds. The minimum atomic E-state index is -1.82. The topological polar surface area (TPSA) is 155 Å². The van der Waals surface area contributed by atoms with Crippen LogP contribution < -0.4 is 14.8 Å². The number of carbonyl (C=O) groups is 4. The highest BCUT2D eigenvalue weighted by Crippen LogP contribution is 2.29. The van der Waals surface area contributed by atoms with E-state index in [9.17, 15) is 9.59 Å².